The molecule has 6 heteroatoms. The normalized spacial score (nSPS) is 10.6. The second kappa shape index (κ2) is 7.11. The van der Waals surface area contributed by atoms with Crippen LogP contribution in [0.4, 0.5) is 14.9 Å². The molecule has 0 atom stereocenters. The lowest BCUT2D eigenvalue weighted by Gasteiger charge is -2.06. The summed E-state index contributed by atoms with van der Waals surface area (Å²) in [6.07, 6.45) is 2.80. The van der Waals surface area contributed by atoms with Crippen molar-refractivity contribution in [3.05, 3.63) is 70.1 Å². The minimum atomic E-state index is -0.494. The zero-order valence-corrected chi connectivity index (χ0v) is 12.3. The Balaban J connectivity index is 1.95. The Kier molecular flexibility index (Phi) is 5.20. The molecule has 2 N–H and O–H groups in total. The minimum absolute atomic E-state index is 0.329. The zero-order chi connectivity index (χ0) is 15.2. The summed E-state index contributed by atoms with van der Waals surface area (Å²) in [5.41, 5.74) is 0.806. The van der Waals surface area contributed by atoms with E-state index in [1.54, 1.807) is 30.3 Å². The third-order valence-electron chi connectivity index (χ3n) is 2.56. The molecule has 0 fully saturated rings. The first-order chi connectivity index (χ1) is 10.1. The van der Waals surface area contributed by atoms with E-state index in [1.807, 2.05) is 0 Å². The van der Waals surface area contributed by atoms with Crippen molar-refractivity contribution in [2.45, 2.75) is 0 Å². The van der Waals surface area contributed by atoms with Gasteiger partial charge < -0.3 is 10.6 Å². The van der Waals surface area contributed by atoms with E-state index >= 15 is 0 Å². The molecule has 2 aromatic rings. The van der Waals surface area contributed by atoms with Gasteiger partial charge in [0.25, 0.3) is 0 Å². The number of hydrogen-bond acceptors (Lipinski definition) is 1. The molecule has 0 aliphatic carbocycles. The van der Waals surface area contributed by atoms with Gasteiger partial charge in [-0.15, -0.1) is 0 Å². The van der Waals surface area contributed by atoms with E-state index in [0.29, 0.717) is 21.3 Å². The van der Waals surface area contributed by atoms with Crippen molar-refractivity contribution in [3.8, 4) is 0 Å². The van der Waals surface area contributed by atoms with Crippen LogP contribution in [0, 0.1) is 5.82 Å². The molecule has 108 valence electrons. The number of carbonyl (C=O) groups excluding carboxylic acids is 1. The predicted molar refractivity (Wildman–Crippen MR) is 84.1 cm³/mol. The fourth-order valence-corrected chi connectivity index (χ4v) is 2.02. The molecule has 0 spiro atoms. The minimum Gasteiger partial charge on any atom is -0.314 e. The average molecular weight is 325 g/mol. The topological polar surface area (TPSA) is 41.1 Å². The third-order valence-corrected chi connectivity index (χ3v) is 3.11. The summed E-state index contributed by atoms with van der Waals surface area (Å²) in [4.78, 5) is 11.7. The molecule has 0 unspecified atom stereocenters. The molecule has 0 saturated heterocycles. The van der Waals surface area contributed by atoms with Crippen LogP contribution in [0.1, 0.15) is 5.56 Å². The first-order valence-corrected chi connectivity index (χ1v) is 6.75. The van der Waals surface area contributed by atoms with E-state index < -0.39 is 6.03 Å². The highest BCUT2D eigenvalue weighted by molar-refractivity contribution is 6.36. The fourth-order valence-electron chi connectivity index (χ4n) is 1.57. The largest absolute Gasteiger partial charge is 0.323 e. The quantitative estimate of drug-likeness (QED) is 0.826. The lowest BCUT2D eigenvalue weighted by atomic mass is 10.2. The molecule has 0 aliphatic heterocycles. The number of anilines is 1. The monoisotopic (exact) mass is 324 g/mol. The van der Waals surface area contributed by atoms with E-state index in [2.05, 4.69) is 10.6 Å². The molecule has 0 bridgehead atoms. The van der Waals surface area contributed by atoms with Crippen LogP contribution in [-0.4, -0.2) is 6.03 Å². The second-order valence-electron chi connectivity index (χ2n) is 4.08. The molecule has 2 rings (SSSR count). The molecule has 0 heterocycles. The number of carbonyl (C=O) groups is 1. The molecule has 2 amide bonds. The Morgan fingerprint density at radius 3 is 2.62 bits per heavy atom. The first-order valence-electron chi connectivity index (χ1n) is 6.00. The van der Waals surface area contributed by atoms with Crippen molar-refractivity contribution in [2.75, 3.05) is 5.32 Å². The van der Waals surface area contributed by atoms with Gasteiger partial charge in [0.1, 0.15) is 5.82 Å². The van der Waals surface area contributed by atoms with E-state index in [9.17, 15) is 9.18 Å². The SMILES string of the molecule is O=C(N/C=C/c1ccccc1F)Nc1ccc(Cl)cc1Cl. The maximum absolute atomic E-state index is 13.3. The Bertz CT molecular complexity index is 689. The fraction of sp³-hybridized carbons (Fsp3) is 0. The van der Waals surface area contributed by atoms with Crippen LogP contribution in [0.2, 0.25) is 10.0 Å². The van der Waals surface area contributed by atoms with E-state index in [-0.39, 0.29) is 5.82 Å². The highest BCUT2D eigenvalue weighted by Gasteiger charge is 2.04. The summed E-state index contributed by atoms with van der Waals surface area (Å²) < 4.78 is 13.3. The lowest BCUT2D eigenvalue weighted by molar-refractivity contribution is 0.255. The van der Waals surface area contributed by atoms with Gasteiger partial charge in [-0.25, -0.2) is 9.18 Å². The highest BCUT2D eigenvalue weighted by Crippen LogP contribution is 2.25. The number of hydrogen-bond donors (Lipinski definition) is 2. The van der Waals surface area contributed by atoms with Crippen LogP contribution in [0.3, 0.4) is 0 Å². The zero-order valence-electron chi connectivity index (χ0n) is 10.7. The number of urea groups is 1. The molecule has 21 heavy (non-hydrogen) atoms. The Labute approximate surface area is 131 Å². The van der Waals surface area contributed by atoms with Gasteiger partial charge in [-0.1, -0.05) is 41.4 Å². The average Bonchev–Trinajstić information content (AvgIpc) is 2.44. The van der Waals surface area contributed by atoms with Crippen molar-refractivity contribution in [3.63, 3.8) is 0 Å². The molecule has 0 saturated carbocycles. The number of rotatable bonds is 3. The maximum Gasteiger partial charge on any atom is 0.323 e. The Morgan fingerprint density at radius 2 is 1.90 bits per heavy atom. The Morgan fingerprint density at radius 1 is 1.14 bits per heavy atom. The van der Waals surface area contributed by atoms with Crippen LogP contribution in [0.25, 0.3) is 6.08 Å². The summed E-state index contributed by atoms with van der Waals surface area (Å²) in [6, 6.07) is 10.5. The van der Waals surface area contributed by atoms with Gasteiger partial charge in [-0.05, 0) is 30.3 Å². The van der Waals surface area contributed by atoms with Crippen LogP contribution in [-0.2, 0) is 0 Å². The highest BCUT2D eigenvalue weighted by atomic mass is 35.5. The first kappa shape index (κ1) is 15.4. The van der Waals surface area contributed by atoms with E-state index in [1.165, 1.54) is 24.4 Å². The molecule has 0 aliphatic rings. The van der Waals surface area contributed by atoms with E-state index in [4.69, 9.17) is 23.2 Å². The van der Waals surface area contributed by atoms with Crippen LogP contribution in [0.5, 0.6) is 0 Å². The summed E-state index contributed by atoms with van der Waals surface area (Å²) in [5, 5.41) is 5.82. The molecule has 0 radical (unpaired) electrons. The number of nitrogens with one attached hydrogen (secondary N) is 2. The van der Waals surface area contributed by atoms with Gasteiger partial charge in [0.05, 0.1) is 10.7 Å². The number of halogens is 3. The van der Waals surface area contributed by atoms with Gasteiger partial charge >= 0.3 is 6.03 Å². The number of benzene rings is 2. The van der Waals surface area contributed by atoms with Crippen LogP contribution in [0.15, 0.2) is 48.7 Å². The number of amides is 2. The van der Waals surface area contributed by atoms with Gasteiger partial charge in [0.15, 0.2) is 0 Å². The third kappa shape index (κ3) is 4.48. The van der Waals surface area contributed by atoms with Crippen molar-refractivity contribution in [2.24, 2.45) is 0 Å². The maximum atomic E-state index is 13.3. The smallest absolute Gasteiger partial charge is 0.314 e. The second-order valence-corrected chi connectivity index (χ2v) is 4.92. The van der Waals surface area contributed by atoms with Crippen molar-refractivity contribution < 1.29 is 9.18 Å². The van der Waals surface area contributed by atoms with Crippen molar-refractivity contribution in [1.82, 2.24) is 5.32 Å². The lowest BCUT2D eigenvalue weighted by Crippen LogP contribution is -2.23. The molecule has 2 aromatic carbocycles. The summed E-state index contributed by atoms with van der Waals surface area (Å²) >= 11 is 11.7. The molecular weight excluding hydrogens is 314 g/mol. The van der Waals surface area contributed by atoms with Crippen LogP contribution < -0.4 is 10.6 Å². The Hall–Kier alpha value is -2.04. The summed E-state index contributed by atoms with van der Waals surface area (Å²) in [7, 11) is 0. The predicted octanol–water partition coefficient (Wildman–Crippen LogP) is 4.92. The van der Waals surface area contributed by atoms with Crippen molar-refractivity contribution >= 4 is 41.0 Å². The summed E-state index contributed by atoms with van der Waals surface area (Å²) in [5.74, 6) is -0.364. The van der Waals surface area contributed by atoms with Gasteiger partial charge in [-0.2, -0.15) is 0 Å². The van der Waals surface area contributed by atoms with Crippen LogP contribution >= 0.6 is 23.2 Å². The van der Waals surface area contributed by atoms with E-state index in [0.717, 1.165) is 0 Å². The molecule has 0 aromatic heterocycles. The summed E-state index contributed by atoms with van der Waals surface area (Å²) in [6.45, 7) is 0. The molecular formula is C15H11Cl2FN2O. The van der Waals surface area contributed by atoms with Gasteiger partial charge in [0.2, 0.25) is 0 Å². The molecule has 3 nitrogen and oxygen atoms in total. The van der Waals surface area contributed by atoms with Gasteiger partial charge in [-0.3, -0.25) is 0 Å². The standard InChI is InChI=1S/C15H11Cl2FN2O/c16-11-5-6-14(12(17)9-11)20-15(21)19-8-7-10-3-1-2-4-13(10)18/h1-9H,(H2,19,20,21)/b8-7+. The van der Waals surface area contributed by atoms with Gasteiger partial charge in [0, 0.05) is 16.8 Å². The van der Waals surface area contributed by atoms with Crippen molar-refractivity contribution in [1.29, 1.82) is 0 Å².